The van der Waals surface area contributed by atoms with Crippen molar-refractivity contribution in [1.82, 2.24) is 25.2 Å². The number of carbonyl (C=O) groups is 1. The van der Waals surface area contributed by atoms with E-state index in [1.54, 1.807) is 0 Å². The van der Waals surface area contributed by atoms with E-state index in [-0.39, 0.29) is 24.0 Å². The average Bonchev–Trinajstić information content (AvgIpc) is 3.41. The van der Waals surface area contributed by atoms with Gasteiger partial charge in [0.2, 0.25) is 12.7 Å². The Morgan fingerprint density at radius 1 is 1.26 bits per heavy atom. The van der Waals surface area contributed by atoms with E-state index in [1.807, 2.05) is 22.9 Å². The fourth-order valence-corrected chi connectivity index (χ4v) is 4.94. The van der Waals surface area contributed by atoms with Gasteiger partial charge in [-0.25, -0.2) is 0 Å². The number of carbonyl (C=O) groups excluding carboxylic acids is 1. The first kappa shape index (κ1) is 20.3. The van der Waals surface area contributed by atoms with Gasteiger partial charge in [0.05, 0.1) is 18.2 Å². The number of aromatic nitrogens is 3. The van der Waals surface area contributed by atoms with Crippen LogP contribution in [-0.4, -0.2) is 51.7 Å². The summed E-state index contributed by atoms with van der Waals surface area (Å²) in [4.78, 5) is 15.4. The van der Waals surface area contributed by atoms with Gasteiger partial charge in [-0.05, 0) is 43.0 Å². The summed E-state index contributed by atoms with van der Waals surface area (Å²) in [5.41, 5.74) is 2.05. The quantitative estimate of drug-likeness (QED) is 0.792. The van der Waals surface area contributed by atoms with Gasteiger partial charge in [-0.3, -0.25) is 14.4 Å². The lowest BCUT2D eigenvalue weighted by Crippen LogP contribution is -2.58. The van der Waals surface area contributed by atoms with Gasteiger partial charge in [-0.2, -0.15) is 0 Å². The third-order valence-electron chi connectivity index (χ3n) is 6.82. The molecule has 5 heterocycles. The maximum Gasteiger partial charge on any atom is 0.231 e. The molecule has 1 N–H and O–H groups in total. The lowest BCUT2D eigenvalue weighted by Gasteiger charge is -2.49. The third-order valence-corrected chi connectivity index (χ3v) is 6.82. The summed E-state index contributed by atoms with van der Waals surface area (Å²) in [6, 6.07) is 6.24. The highest BCUT2D eigenvalue weighted by molar-refractivity contribution is 5.79. The zero-order valence-electron chi connectivity index (χ0n) is 18.5. The highest BCUT2D eigenvalue weighted by Gasteiger charge is 2.43. The number of fused-ring (bicyclic) bond motifs is 4. The lowest BCUT2D eigenvalue weighted by molar-refractivity contribution is -0.133. The van der Waals surface area contributed by atoms with Crippen LogP contribution in [0.5, 0.6) is 11.5 Å². The zero-order chi connectivity index (χ0) is 21.6. The van der Waals surface area contributed by atoms with Crippen LogP contribution in [0.1, 0.15) is 44.9 Å². The Labute approximate surface area is 182 Å². The number of amides is 1. The Bertz CT molecular complexity index is 966. The van der Waals surface area contributed by atoms with Gasteiger partial charge in [0.1, 0.15) is 0 Å². The molecule has 4 aliphatic heterocycles. The Kier molecular flexibility index (Phi) is 5.12. The van der Waals surface area contributed by atoms with Gasteiger partial charge < -0.3 is 14.8 Å². The van der Waals surface area contributed by atoms with E-state index >= 15 is 0 Å². The number of hydrogen-bond acceptors (Lipinski definition) is 6. The number of benzene rings is 1. The highest BCUT2D eigenvalue weighted by Crippen LogP contribution is 2.37. The van der Waals surface area contributed by atoms with Crippen LogP contribution < -0.4 is 14.8 Å². The van der Waals surface area contributed by atoms with Gasteiger partial charge in [0.25, 0.3) is 0 Å². The molecule has 8 heteroatoms. The maximum atomic E-state index is 13.0. The minimum Gasteiger partial charge on any atom is -0.454 e. The first-order valence-electron chi connectivity index (χ1n) is 11.2. The van der Waals surface area contributed by atoms with E-state index in [2.05, 4.69) is 47.5 Å². The lowest BCUT2D eigenvalue weighted by atomic mass is 9.75. The molecule has 166 valence electrons. The summed E-state index contributed by atoms with van der Waals surface area (Å²) < 4.78 is 12.8. The maximum absolute atomic E-state index is 13.0. The Hall–Kier alpha value is -2.61. The molecule has 4 aliphatic rings. The molecule has 8 nitrogen and oxygen atoms in total. The second-order valence-corrected chi connectivity index (χ2v) is 10.0. The van der Waals surface area contributed by atoms with Crippen LogP contribution in [-0.2, 0) is 23.3 Å². The molecule has 2 aromatic rings. The highest BCUT2D eigenvalue weighted by atomic mass is 16.7. The Morgan fingerprint density at radius 2 is 2.10 bits per heavy atom. The predicted molar refractivity (Wildman–Crippen MR) is 115 cm³/mol. The van der Waals surface area contributed by atoms with Crippen molar-refractivity contribution in [3.05, 3.63) is 35.7 Å². The van der Waals surface area contributed by atoms with Gasteiger partial charge >= 0.3 is 0 Å². The molecule has 1 aromatic heterocycles. The van der Waals surface area contributed by atoms with Crippen molar-refractivity contribution in [2.24, 2.45) is 11.8 Å². The first-order chi connectivity index (χ1) is 14.9. The van der Waals surface area contributed by atoms with E-state index in [0.717, 1.165) is 55.2 Å². The van der Waals surface area contributed by atoms with Gasteiger partial charge in [-0.1, -0.05) is 32.1 Å². The van der Waals surface area contributed by atoms with Crippen molar-refractivity contribution in [2.75, 3.05) is 19.9 Å². The minimum atomic E-state index is 0.00523. The van der Waals surface area contributed by atoms with Crippen LogP contribution in [0.2, 0.25) is 0 Å². The van der Waals surface area contributed by atoms with Gasteiger partial charge in [0, 0.05) is 30.7 Å². The number of piperidine rings is 3. The van der Waals surface area contributed by atoms with Crippen LogP contribution in [0.4, 0.5) is 0 Å². The molecule has 1 aromatic carbocycles. The molecule has 2 bridgehead atoms. The summed E-state index contributed by atoms with van der Waals surface area (Å²) in [7, 11) is 0. The molecular weight excluding hydrogens is 394 g/mol. The molecule has 3 saturated heterocycles. The van der Waals surface area contributed by atoms with Crippen molar-refractivity contribution in [1.29, 1.82) is 0 Å². The van der Waals surface area contributed by atoms with Crippen molar-refractivity contribution in [3.8, 4) is 11.5 Å². The predicted octanol–water partition coefficient (Wildman–Crippen LogP) is 2.33. The molecule has 3 fully saturated rings. The smallest absolute Gasteiger partial charge is 0.231 e. The molecule has 0 aliphatic carbocycles. The monoisotopic (exact) mass is 425 g/mol. The van der Waals surface area contributed by atoms with Crippen molar-refractivity contribution >= 4 is 5.91 Å². The fourth-order valence-electron chi connectivity index (χ4n) is 4.94. The van der Waals surface area contributed by atoms with E-state index in [9.17, 15) is 4.79 Å². The largest absolute Gasteiger partial charge is 0.454 e. The van der Waals surface area contributed by atoms with Crippen LogP contribution in [0, 0.1) is 11.8 Å². The number of nitrogens with one attached hydrogen (secondary N) is 1. The SMILES string of the molecule is CC(C)(C)c1cn(C[C@H]2CC3CCN2C[C@@H]3C(=O)NCc2ccc3c(c2)OCO3)nn1. The zero-order valence-corrected chi connectivity index (χ0v) is 18.5. The number of hydrogen-bond donors (Lipinski definition) is 1. The second kappa shape index (κ2) is 7.82. The van der Waals surface area contributed by atoms with E-state index in [1.165, 1.54) is 0 Å². The summed E-state index contributed by atoms with van der Waals surface area (Å²) in [6.07, 6.45) is 4.19. The molecule has 4 atom stereocenters. The summed E-state index contributed by atoms with van der Waals surface area (Å²) in [6.45, 7) is 9.95. The normalized spacial score (nSPS) is 26.8. The Morgan fingerprint density at radius 3 is 2.84 bits per heavy atom. The molecule has 2 unspecified atom stereocenters. The van der Waals surface area contributed by atoms with Crippen molar-refractivity contribution < 1.29 is 14.3 Å². The number of nitrogens with zero attached hydrogens (tertiary/aromatic N) is 4. The topological polar surface area (TPSA) is 81.5 Å². The van der Waals surface area contributed by atoms with Crippen molar-refractivity contribution in [3.63, 3.8) is 0 Å². The van der Waals surface area contributed by atoms with Crippen LogP contribution >= 0.6 is 0 Å². The molecule has 31 heavy (non-hydrogen) atoms. The van der Waals surface area contributed by atoms with E-state index in [4.69, 9.17) is 9.47 Å². The molecule has 6 rings (SSSR count). The summed E-state index contributed by atoms with van der Waals surface area (Å²) in [5, 5.41) is 11.8. The van der Waals surface area contributed by atoms with Crippen LogP contribution in [0.15, 0.2) is 24.4 Å². The van der Waals surface area contributed by atoms with Crippen LogP contribution in [0.3, 0.4) is 0 Å². The second-order valence-electron chi connectivity index (χ2n) is 10.0. The van der Waals surface area contributed by atoms with Crippen LogP contribution in [0.25, 0.3) is 0 Å². The average molecular weight is 426 g/mol. The standard InChI is InChI=1S/C23H31N5O3/c1-23(2,3)21-13-28(26-25-21)11-17-9-16-6-7-27(17)12-18(16)22(29)24-10-15-4-5-19-20(8-15)31-14-30-19/h4-5,8,13,16-18H,6-7,9-12,14H2,1-3H3,(H,24,29)/t16?,17-,18+/m1/s1. The van der Waals surface area contributed by atoms with E-state index in [0.29, 0.717) is 18.5 Å². The first-order valence-corrected chi connectivity index (χ1v) is 11.2. The number of rotatable bonds is 5. The minimum absolute atomic E-state index is 0.00523. The molecular formula is C23H31N5O3. The fraction of sp³-hybridized carbons (Fsp3) is 0.609. The molecule has 1 amide bonds. The van der Waals surface area contributed by atoms with Gasteiger partial charge in [-0.15, -0.1) is 5.10 Å². The summed E-state index contributed by atoms with van der Waals surface area (Å²) >= 11 is 0. The van der Waals surface area contributed by atoms with E-state index < -0.39 is 0 Å². The number of ether oxygens (including phenoxy) is 2. The molecule has 0 spiro atoms. The molecule has 0 radical (unpaired) electrons. The Balaban J connectivity index is 1.17. The third kappa shape index (κ3) is 4.13. The molecule has 0 saturated carbocycles. The van der Waals surface area contributed by atoms with Crippen molar-refractivity contribution in [2.45, 2.75) is 58.2 Å². The summed E-state index contributed by atoms with van der Waals surface area (Å²) in [5.74, 6) is 2.15. The van der Waals surface area contributed by atoms with Gasteiger partial charge in [0.15, 0.2) is 11.5 Å².